The highest BCUT2D eigenvalue weighted by Crippen LogP contribution is 2.17. The lowest BCUT2D eigenvalue weighted by Gasteiger charge is -2.29. The van der Waals surface area contributed by atoms with E-state index in [-0.39, 0.29) is 17.5 Å². The van der Waals surface area contributed by atoms with Crippen LogP contribution in [0.4, 0.5) is 10.1 Å². The number of benzene rings is 1. The third kappa shape index (κ3) is 4.17. The van der Waals surface area contributed by atoms with Gasteiger partial charge in [-0.2, -0.15) is 0 Å². The molecule has 3 N–H and O–H groups in total. The number of halogens is 1. The van der Waals surface area contributed by atoms with Gasteiger partial charge in [-0.15, -0.1) is 0 Å². The zero-order valence-electron chi connectivity index (χ0n) is 12.8. The van der Waals surface area contributed by atoms with Crippen molar-refractivity contribution in [2.24, 2.45) is 0 Å². The molecule has 5 heteroatoms. The summed E-state index contributed by atoms with van der Waals surface area (Å²) in [6.07, 6.45) is 3.74. The molecular formula is C16H24FN3O. The number of nitrogens with two attached hydrogens (primary N) is 1. The number of nitrogens with zero attached hydrogens (tertiary/aromatic N) is 1. The number of piperidine rings is 1. The number of carbonyl (C=O) groups excluding carboxylic acids is 1. The zero-order valence-corrected chi connectivity index (χ0v) is 12.8. The molecule has 0 aliphatic carbocycles. The second kappa shape index (κ2) is 6.89. The highest BCUT2D eigenvalue weighted by molar-refractivity contribution is 5.95. The molecule has 0 radical (unpaired) electrons. The molecular weight excluding hydrogens is 269 g/mol. The molecule has 4 nitrogen and oxygen atoms in total. The van der Waals surface area contributed by atoms with E-state index in [4.69, 9.17) is 5.73 Å². The number of nitrogens with one attached hydrogen (secondary N) is 1. The number of rotatable bonds is 4. The van der Waals surface area contributed by atoms with Gasteiger partial charge in [-0.3, -0.25) is 4.79 Å². The fraction of sp³-hybridized carbons (Fsp3) is 0.562. The summed E-state index contributed by atoms with van der Waals surface area (Å²) in [5.41, 5.74) is 6.68. The van der Waals surface area contributed by atoms with E-state index in [0.717, 1.165) is 19.6 Å². The molecule has 1 aliphatic rings. The van der Waals surface area contributed by atoms with Crippen LogP contribution in [-0.4, -0.2) is 36.5 Å². The third-order valence-electron chi connectivity index (χ3n) is 4.00. The number of hydrogen-bond acceptors (Lipinski definition) is 3. The quantitative estimate of drug-likeness (QED) is 0.838. The zero-order chi connectivity index (χ0) is 15.4. The molecule has 21 heavy (non-hydrogen) atoms. The van der Waals surface area contributed by atoms with E-state index in [2.05, 4.69) is 10.2 Å². The number of carbonyl (C=O) groups is 1. The van der Waals surface area contributed by atoms with Crippen LogP contribution in [0.2, 0.25) is 0 Å². The minimum atomic E-state index is -0.441. The van der Waals surface area contributed by atoms with Gasteiger partial charge in [0, 0.05) is 29.4 Å². The van der Waals surface area contributed by atoms with Crippen LogP contribution in [0, 0.1) is 12.7 Å². The van der Waals surface area contributed by atoms with Gasteiger partial charge in [0.15, 0.2) is 0 Å². The van der Waals surface area contributed by atoms with Gasteiger partial charge in [0.1, 0.15) is 5.82 Å². The number of amides is 1. The molecule has 1 atom stereocenters. The van der Waals surface area contributed by atoms with E-state index in [1.54, 1.807) is 6.92 Å². The predicted octanol–water partition coefficient (Wildman–Crippen LogP) is 2.32. The molecule has 1 aromatic rings. The first-order valence-corrected chi connectivity index (χ1v) is 7.56. The number of hydrogen-bond donors (Lipinski definition) is 2. The summed E-state index contributed by atoms with van der Waals surface area (Å²) in [7, 11) is 0. The normalized spacial score (nSPS) is 17.5. The number of anilines is 1. The van der Waals surface area contributed by atoms with Gasteiger partial charge in [-0.1, -0.05) is 6.42 Å². The Morgan fingerprint density at radius 2 is 2.05 bits per heavy atom. The van der Waals surface area contributed by atoms with E-state index >= 15 is 0 Å². The lowest BCUT2D eigenvalue weighted by Crippen LogP contribution is -2.43. The second-order valence-corrected chi connectivity index (χ2v) is 5.91. The maximum Gasteiger partial charge on any atom is 0.251 e. The number of nitrogen functional groups attached to an aromatic ring is 1. The molecule has 0 spiro atoms. The van der Waals surface area contributed by atoms with E-state index in [1.807, 2.05) is 6.92 Å². The fourth-order valence-electron chi connectivity index (χ4n) is 2.71. The smallest absolute Gasteiger partial charge is 0.251 e. The van der Waals surface area contributed by atoms with Crippen molar-refractivity contribution in [3.63, 3.8) is 0 Å². The summed E-state index contributed by atoms with van der Waals surface area (Å²) in [6, 6.07) is 2.80. The molecule has 1 unspecified atom stereocenters. The molecule has 116 valence electrons. The van der Waals surface area contributed by atoms with E-state index in [9.17, 15) is 9.18 Å². The van der Waals surface area contributed by atoms with Crippen molar-refractivity contribution < 1.29 is 9.18 Å². The monoisotopic (exact) mass is 293 g/mol. The third-order valence-corrected chi connectivity index (χ3v) is 4.00. The van der Waals surface area contributed by atoms with Gasteiger partial charge in [0.2, 0.25) is 0 Å². The molecule has 0 saturated carbocycles. The minimum absolute atomic E-state index is 0.0289. The van der Waals surface area contributed by atoms with Crippen molar-refractivity contribution in [2.75, 3.05) is 25.4 Å². The van der Waals surface area contributed by atoms with Crippen LogP contribution < -0.4 is 11.1 Å². The molecule has 1 amide bonds. The van der Waals surface area contributed by atoms with E-state index < -0.39 is 5.82 Å². The van der Waals surface area contributed by atoms with Gasteiger partial charge in [0.05, 0.1) is 0 Å². The first kappa shape index (κ1) is 15.8. The van der Waals surface area contributed by atoms with Crippen molar-refractivity contribution >= 4 is 11.6 Å². The SMILES string of the molecule is Cc1c(N)cc(C(=O)NC(C)CN2CCCCC2)cc1F. The highest BCUT2D eigenvalue weighted by atomic mass is 19.1. The molecule has 1 heterocycles. The average molecular weight is 293 g/mol. The standard InChI is InChI=1S/C16H24FN3O/c1-11(10-20-6-4-3-5-7-20)19-16(21)13-8-14(17)12(2)15(18)9-13/h8-9,11H,3-7,10,18H2,1-2H3,(H,19,21). The molecule has 1 aliphatic heterocycles. The Morgan fingerprint density at radius 1 is 1.38 bits per heavy atom. The predicted molar refractivity (Wildman–Crippen MR) is 82.8 cm³/mol. The van der Waals surface area contributed by atoms with Crippen molar-refractivity contribution in [2.45, 2.75) is 39.2 Å². The minimum Gasteiger partial charge on any atom is -0.398 e. The highest BCUT2D eigenvalue weighted by Gasteiger charge is 2.17. The maximum atomic E-state index is 13.6. The Morgan fingerprint density at radius 3 is 2.67 bits per heavy atom. The van der Waals surface area contributed by atoms with Crippen LogP contribution in [0.5, 0.6) is 0 Å². The van der Waals surface area contributed by atoms with Crippen LogP contribution in [0.1, 0.15) is 42.1 Å². The van der Waals surface area contributed by atoms with Crippen LogP contribution in [0.25, 0.3) is 0 Å². The lowest BCUT2D eigenvalue weighted by atomic mass is 10.1. The van der Waals surface area contributed by atoms with Crippen LogP contribution in [0.15, 0.2) is 12.1 Å². The van der Waals surface area contributed by atoms with Gasteiger partial charge in [-0.25, -0.2) is 4.39 Å². The van der Waals surface area contributed by atoms with Crippen LogP contribution in [0.3, 0.4) is 0 Å². The maximum absolute atomic E-state index is 13.6. The lowest BCUT2D eigenvalue weighted by molar-refractivity contribution is 0.0925. The second-order valence-electron chi connectivity index (χ2n) is 5.91. The summed E-state index contributed by atoms with van der Waals surface area (Å²) in [6.45, 7) is 6.58. The fourth-order valence-corrected chi connectivity index (χ4v) is 2.71. The first-order valence-electron chi connectivity index (χ1n) is 7.56. The summed E-state index contributed by atoms with van der Waals surface area (Å²) in [4.78, 5) is 14.5. The Labute approximate surface area is 125 Å². The number of likely N-dealkylation sites (tertiary alicyclic amines) is 1. The summed E-state index contributed by atoms with van der Waals surface area (Å²) < 4.78 is 13.6. The Bertz CT molecular complexity index is 489. The average Bonchev–Trinajstić information content (AvgIpc) is 2.45. The van der Waals surface area contributed by atoms with Gasteiger partial charge in [0.25, 0.3) is 5.91 Å². The van der Waals surface area contributed by atoms with Gasteiger partial charge < -0.3 is 16.0 Å². The summed E-state index contributed by atoms with van der Waals surface area (Å²) >= 11 is 0. The molecule has 1 aromatic carbocycles. The Kier molecular flexibility index (Phi) is 5.17. The van der Waals surface area contributed by atoms with Crippen molar-refractivity contribution in [1.82, 2.24) is 10.2 Å². The Balaban J connectivity index is 1.94. The molecule has 1 fully saturated rings. The van der Waals surface area contributed by atoms with Gasteiger partial charge >= 0.3 is 0 Å². The molecule has 0 bridgehead atoms. The van der Waals surface area contributed by atoms with E-state index in [1.165, 1.54) is 31.4 Å². The summed E-state index contributed by atoms with van der Waals surface area (Å²) in [5, 5.41) is 2.91. The topological polar surface area (TPSA) is 58.4 Å². The van der Waals surface area contributed by atoms with Crippen molar-refractivity contribution in [3.05, 3.63) is 29.1 Å². The Hall–Kier alpha value is -1.62. The van der Waals surface area contributed by atoms with Gasteiger partial charge in [-0.05, 0) is 51.9 Å². The largest absolute Gasteiger partial charge is 0.398 e. The molecule has 0 aromatic heterocycles. The van der Waals surface area contributed by atoms with Crippen molar-refractivity contribution in [3.8, 4) is 0 Å². The summed E-state index contributed by atoms with van der Waals surface area (Å²) in [5.74, 6) is -0.714. The van der Waals surface area contributed by atoms with E-state index in [0.29, 0.717) is 11.3 Å². The van der Waals surface area contributed by atoms with Crippen LogP contribution in [-0.2, 0) is 0 Å². The molecule has 2 rings (SSSR count). The molecule has 1 saturated heterocycles. The van der Waals surface area contributed by atoms with Crippen molar-refractivity contribution in [1.29, 1.82) is 0 Å². The first-order chi connectivity index (χ1) is 9.97. The van der Waals surface area contributed by atoms with Crippen LogP contribution >= 0.6 is 0 Å².